The number of carbonyl (C=O) groups is 1. The quantitative estimate of drug-likeness (QED) is 0.586. The van der Waals surface area contributed by atoms with Crippen molar-refractivity contribution in [1.82, 2.24) is 5.32 Å². The van der Waals surface area contributed by atoms with Crippen molar-refractivity contribution in [2.75, 3.05) is 17.6 Å². The summed E-state index contributed by atoms with van der Waals surface area (Å²) in [6.07, 6.45) is -6.02. The molecule has 2 atom stereocenters. The second-order valence-electron chi connectivity index (χ2n) is 5.98. The number of rotatable bonds is 5. The molecule has 25 heavy (non-hydrogen) atoms. The Hall–Kier alpha value is -1.35. The molecule has 0 aliphatic carbocycles. The van der Waals surface area contributed by atoms with Crippen molar-refractivity contribution in [2.24, 2.45) is 5.92 Å². The number of alkyl halides is 5. The van der Waals surface area contributed by atoms with Gasteiger partial charge in [-0.05, 0) is 44.5 Å². The standard InChI is InChI=1S/C16H19F5N2OS/c1-9-6-10(4-5-22-9)15(24)23-12-7-11(16(19,20)21)2-3-13(12)25-8-14(17)18/h2-3,7,9-10,14,22H,4-6,8H2,1H3,(H,23,24)/t9-,10-/m0/s1. The largest absolute Gasteiger partial charge is 0.416 e. The maximum Gasteiger partial charge on any atom is 0.416 e. The number of hydrogen-bond acceptors (Lipinski definition) is 3. The van der Waals surface area contributed by atoms with Gasteiger partial charge in [0.15, 0.2) is 0 Å². The second kappa shape index (κ2) is 8.35. The first kappa shape index (κ1) is 20.0. The number of anilines is 1. The zero-order valence-corrected chi connectivity index (χ0v) is 14.3. The number of nitrogens with one attached hydrogen (secondary N) is 2. The highest BCUT2D eigenvalue weighted by atomic mass is 32.2. The monoisotopic (exact) mass is 382 g/mol. The van der Waals surface area contributed by atoms with Crippen molar-refractivity contribution in [3.05, 3.63) is 23.8 Å². The van der Waals surface area contributed by atoms with E-state index in [4.69, 9.17) is 0 Å². The molecule has 1 saturated heterocycles. The second-order valence-corrected chi connectivity index (χ2v) is 7.04. The predicted molar refractivity (Wildman–Crippen MR) is 87.0 cm³/mol. The summed E-state index contributed by atoms with van der Waals surface area (Å²) in [6, 6.07) is 2.89. The Kier molecular flexibility index (Phi) is 6.67. The van der Waals surface area contributed by atoms with Crippen LogP contribution in [0.4, 0.5) is 27.6 Å². The van der Waals surface area contributed by atoms with Crippen molar-refractivity contribution in [1.29, 1.82) is 0 Å². The van der Waals surface area contributed by atoms with Crippen molar-refractivity contribution >= 4 is 23.4 Å². The minimum Gasteiger partial charge on any atom is -0.325 e. The average Bonchev–Trinajstić information content (AvgIpc) is 2.52. The summed E-state index contributed by atoms with van der Waals surface area (Å²) in [6.45, 7) is 2.57. The van der Waals surface area contributed by atoms with Gasteiger partial charge in [0, 0.05) is 16.9 Å². The number of hydrogen-bond donors (Lipinski definition) is 2. The highest BCUT2D eigenvalue weighted by molar-refractivity contribution is 7.99. The van der Waals surface area contributed by atoms with E-state index in [1.165, 1.54) is 0 Å². The zero-order valence-electron chi connectivity index (χ0n) is 13.5. The number of amides is 1. The van der Waals surface area contributed by atoms with Gasteiger partial charge < -0.3 is 10.6 Å². The highest BCUT2D eigenvalue weighted by Crippen LogP contribution is 2.36. The van der Waals surface area contributed by atoms with Crippen LogP contribution >= 0.6 is 11.8 Å². The average molecular weight is 382 g/mol. The van der Waals surface area contributed by atoms with Crippen molar-refractivity contribution < 1.29 is 26.7 Å². The molecule has 2 rings (SSSR count). The number of piperidine rings is 1. The molecule has 9 heteroatoms. The summed E-state index contributed by atoms with van der Waals surface area (Å²) in [5, 5.41) is 5.69. The third-order valence-electron chi connectivity index (χ3n) is 3.92. The minimum absolute atomic E-state index is 0.0725. The molecular weight excluding hydrogens is 363 g/mol. The lowest BCUT2D eigenvalue weighted by Crippen LogP contribution is -2.40. The van der Waals surface area contributed by atoms with Gasteiger partial charge in [-0.25, -0.2) is 8.78 Å². The first-order valence-corrected chi connectivity index (χ1v) is 8.82. The van der Waals surface area contributed by atoms with Crippen LogP contribution in [0.1, 0.15) is 25.3 Å². The Morgan fingerprint density at radius 1 is 1.40 bits per heavy atom. The fourth-order valence-corrected chi connectivity index (χ4v) is 3.42. The molecule has 0 aromatic heterocycles. The smallest absolute Gasteiger partial charge is 0.325 e. The molecule has 3 nitrogen and oxygen atoms in total. The molecule has 0 saturated carbocycles. The molecule has 1 aromatic carbocycles. The Bertz CT molecular complexity index is 609. The molecule has 140 valence electrons. The van der Waals surface area contributed by atoms with E-state index in [0.29, 0.717) is 19.4 Å². The summed E-state index contributed by atoms with van der Waals surface area (Å²) < 4.78 is 63.6. The molecule has 0 radical (unpaired) electrons. The number of carbonyl (C=O) groups excluding carboxylic acids is 1. The first-order valence-electron chi connectivity index (χ1n) is 7.83. The van der Waals surface area contributed by atoms with Crippen LogP contribution in [0, 0.1) is 5.92 Å². The van der Waals surface area contributed by atoms with E-state index in [0.717, 1.165) is 30.0 Å². The van der Waals surface area contributed by atoms with Crippen molar-refractivity contribution in [3.8, 4) is 0 Å². The van der Waals surface area contributed by atoms with Crippen LogP contribution < -0.4 is 10.6 Å². The van der Waals surface area contributed by atoms with Crippen LogP contribution in [0.15, 0.2) is 23.1 Å². The summed E-state index contributed by atoms with van der Waals surface area (Å²) in [4.78, 5) is 12.6. The first-order chi connectivity index (χ1) is 11.7. The number of benzene rings is 1. The fourth-order valence-electron chi connectivity index (χ4n) is 2.69. The lowest BCUT2D eigenvalue weighted by molar-refractivity contribution is -0.137. The van der Waals surface area contributed by atoms with Gasteiger partial charge in [-0.3, -0.25) is 4.79 Å². The topological polar surface area (TPSA) is 41.1 Å². The number of halogens is 5. The Morgan fingerprint density at radius 3 is 2.72 bits per heavy atom. The molecular formula is C16H19F5N2OS. The SMILES string of the molecule is C[C@H]1C[C@@H](C(=O)Nc2cc(C(F)(F)F)ccc2SCC(F)F)CCN1. The number of thioether (sulfide) groups is 1. The molecule has 1 amide bonds. The zero-order chi connectivity index (χ0) is 18.6. The summed E-state index contributed by atoms with van der Waals surface area (Å²) in [5.41, 5.74) is -1.00. The molecule has 0 unspecified atom stereocenters. The molecule has 1 aromatic rings. The lowest BCUT2D eigenvalue weighted by atomic mass is 9.92. The van der Waals surface area contributed by atoms with Crippen molar-refractivity contribution in [2.45, 2.75) is 43.3 Å². The van der Waals surface area contributed by atoms with Gasteiger partial charge in [0.1, 0.15) is 0 Å². The fraction of sp³-hybridized carbons (Fsp3) is 0.562. The molecule has 0 bridgehead atoms. The van der Waals surface area contributed by atoms with Crippen molar-refractivity contribution in [3.63, 3.8) is 0 Å². The molecule has 0 spiro atoms. The van der Waals surface area contributed by atoms with Gasteiger partial charge in [0.25, 0.3) is 0 Å². The van der Waals surface area contributed by atoms with Crippen LogP contribution in [0.5, 0.6) is 0 Å². The Morgan fingerprint density at radius 2 is 2.12 bits per heavy atom. The van der Waals surface area contributed by atoms with E-state index in [2.05, 4.69) is 10.6 Å². The Labute approximate surface area is 146 Å². The maximum atomic E-state index is 12.9. The van der Waals surface area contributed by atoms with E-state index in [-0.39, 0.29) is 28.4 Å². The summed E-state index contributed by atoms with van der Waals surface area (Å²) >= 11 is 0.719. The van der Waals surface area contributed by atoms with Gasteiger partial charge in [-0.1, -0.05) is 0 Å². The van der Waals surface area contributed by atoms with E-state index in [1.807, 2.05) is 6.92 Å². The minimum atomic E-state index is -4.57. The third kappa shape index (κ3) is 5.85. The van der Waals surface area contributed by atoms with Gasteiger partial charge >= 0.3 is 6.18 Å². The van der Waals surface area contributed by atoms with E-state index in [9.17, 15) is 26.7 Å². The van der Waals surface area contributed by atoms with Crippen LogP contribution in [0.25, 0.3) is 0 Å². The molecule has 2 N–H and O–H groups in total. The summed E-state index contributed by atoms with van der Waals surface area (Å²) in [5.74, 6) is -1.26. The van der Waals surface area contributed by atoms with Gasteiger partial charge in [0.2, 0.25) is 12.3 Å². The van der Waals surface area contributed by atoms with Gasteiger partial charge in [0.05, 0.1) is 17.0 Å². The lowest BCUT2D eigenvalue weighted by Gasteiger charge is -2.27. The molecule has 1 aliphatic rings. The van der Waals surface area contributed by atoms with Gasteiger partial charge in [-0.2, -0.15) is 13.2 Å². The molecule has 1 fully saturated rings. The van der Waals surface area contributed by atoms with Crippen LogP contribution in [-0.4, -0.2) is 30.7 Å². The van der Waals surface area contributed by atoms with E-state index < -0.39 is 23.9 Å². The van der Waals surface area contributed by atoms with Crippen LogP contribution in [0.2, 0.25) is 0 Å². The Balaban J connectivity index is 2.20. The highest BCUT2D eigenvalue weighted by Gasteiger charge is 2.32. The normalized spacial score (nSPS) is 21.4. The maximum absolute atomic E-state index is 12.9. The van der Waals surface area contributed by atoms with Crippen LogP contribution in [0.3, 0.4) is 0 Å². The van der Waals surface area contributed by atoms with E-state index >= 15 is 0 Å². The summed E-state index contributed by atoms with van der Waals surface area (Å²) in [7, 11) is 0. The molecule has 1 aliphatic heterocycles. The van der Waals surface area contributed by atoms with Gasteiger partial charge in [-0.15, -0.1) is 11.8 Å². The predicted octanol–water partition coefficient (Wildman–Crippen LogP) is 4.39. The third-order valence-corrected chi connectivity index (χ3v) is 5.01. The molecule has 1 heterocycles. The van der Waals surface area contributed by atoms with Crippen LogP contribution in [-0.2, 0) is 11.0 Å². The van der Waals surface area contributed by atoms with E-state index in [1.54, 1.807) is 0 Å².